The quantitative estimate of drug-likeness (QED) is 0.500. The van der Waals surface area contributed by atoms with Crippen LogP contribution in [0.25, 0.3) is 0 Å². The predicted molar refractivity (Wildman–Crippen MR) is 88.8 cm³/mol. The fraction of sp³-hybridized carbons (Fsp3) is 0.312. The average Bonchev–Trinajstić information content (AvgIpc) is 2.94. The molecule has 10 nitrogen and oxygen atoms in total. The zero-order valence-corrected chi connectivity index (χ0v) is 14.3. The molecule has 0 bridgehead atoms. The van der Waals surface area contributed by atoms with Crippen LogP contribution in [-0.4, -0.2) is 32.2 Å². The normalized spacial score (nSPS) is 14.8. The Morgan fingerprint density at radius 2 is 2.19 bits per heavy atom. The standard InChI is InChI=1S/C16H16N4O6/c1-16(2)15(22)17-11-5-4-9(6-12(11)26-16)14(21)25-8-10-7-19(3)18-13(10)20(23)24/h4-7H,8H2,1-3H3,(H,17,22). The molecule has 0 atom stereocenters. The van der Waals surface area contributed by atoms with E-state index in [1.165, 1.54) is 36.1 Å². The Morgan fingerprint density at radius 1 is 1.46 bits per heavy atom. The third-order valence-corrected chi connectivity index (χ3v) is 3.79. The van der Waals surface area contributed by atoms with Crippen LogP contribution in [0.3, 0.4) is 0 Å². The highest BCUT2D eigenvalue weighted by Gasteiger charge is 2.35. The molecule has 0 fully saturated rings. The van der Waals surface area contributed by atoms with Crippen LogP contribution in [0.2, 0.25) is 0 Å². The molecule has 0 unspecified atom stereocenters. The lowest BCUT2D eigenvalue weighted by molar-refractivity contribution is -0.390. The van der Waals surface area contributed by atoms with E-state index in [1.807, 2.05) is 0 Å². The fourth-order valence-electron chi connectivity index (χ4n) is 2.44. The van der Waals surface area contributed by atoms with Gasteiger partial charge in [0.05, 0.1) is 29.6 Å². The predicted octanol–water partition coefficient (Wildman–Crippen LogP) is 1.79. The Hall–Kier alpha value is -3.43. The number of hydrogen-bond acceptors (Lipinski definition) is 7. The number of amides is 1. The number of benzene rings is 1. The number of ether oxygens (including phenoxy) is 2. The summed E-state index contributed by atoms with van der Waals surface area (Å²) in [5.74, 6) is -0.983. The van der Waals surface area contributed by atoms with Crippen LogP contribution in [-0.2, 0) is 23.2 Å². The van der Waals surface area contributed by atoms with Gasteiger partial charge in [-0.3, -0.25) is 4.79 Å². The van der Waals surface area contributed by atoms with Crippen LogP contribution in [0.15, 0.2) is 24.4 Å². The lowest BCUT2D eigenvalue weighted by Crippen LogP contribution is -2.45. The fourth-order valence-corrected chi connectivity index (χ4v) is 2.44. The van der Waals surface area contributed by atoms with E-state index in [0.717, 1.165) is 0 Å². The zero-order chi connectivity index (χ0) is 19.1. The van der Waals surface area contributed by atoms with Crippen molar-refractivity contribution in [3.05, 3.63) is 45.6 Å². The molecule has 2 aromatic rings. The maximum atomic E-state index is 12.3. The summed E-state index contributed by atoms with van der Waals surface area (Å²) in [6.45, 7) is 2.93. The largest absolute Gasteiger partial charge is 0.476 e. The minimum absolute atomic E-state index is 0.188. The molecule has 0 saturated heterocycles. The van der Waals surface area contributed by atoms with Crippen molar-refractivity contribution in [2.24, 2.45) is 7.05 Å². The zero-order valence-electron chi connectivity index (χ0n) is 14.3. The number of esters is 1. The summed E-state index contributed by atoms with van der Waals surface area (Å²) < 4.78 is 12.0. The number of hydrogen-bond donors (Lipinski definition) is 1. The van der Waals surface area contributed by atoms with Crippen molar-refractivity contribution in [2.45, 2.75) is 26.1 Å². The lowest BCUT2D eigenvalue weighted by atomic mass is 10.1. The van der Waals surface area contributed by atoms with Crippen LogP contribution in [0.4, 0.5) is 11.5 Å². The van der Waals surface area contributed by atoms with Crippen LogP contribution < -0.4 is 10.1 Å². The molecular formula is C16H16N4O6. The summed E-state index contributed by atoms with van der Waals surface area (Å²) >= 11 is 0. The Balaban J connectivity index is 1.76. The minimum Gasteiger partial charge on any atom is -0.476 e. The summed E-state index contributed by atoms with van der Waals surface area (Å²) in [6, 6.07) is 4.46. The Labute approximate surface area is 147 Å². The highest BCUT2D eigenvalue weighted by Crippen LogP contribution is 2.34. The van der Waals surface area contributed by atoms with Gasteiger partial charge < -0.3 is 24.9 Å². The molecule has 0 aliphatic carbocycles. The lowest BCUT2D eigenvalue weighted by Gasteiger charge is -2.31. The van der Waals surface area contributed by atoms with E-state index in [4.69, 9.17) is 9.47 Å². The molecule has 2 heterocycles. The van der Waals surface area contributed by atoms with Crippen molar-refractivity contribution in [2.75, 3.05) is 5.32 Å². The number of aromatic nitrogens is 2. The molecular weight excluding hydrogens is 344 g/mol. The second kappa shape index (κ2) is 6.14. The summed E-state index contributed by atoms with van der Waals surface area (Å²) in [7, 11) is 1.54. The molecule has 1 aromatic carbocycles. The van der Waals surface area contributed by atoms with Crippen molar-refractivity contribution in [3.63, 3.8) is 0 Å². The van der Waals surface area contributed by atoms with Gasteiger partial charge in [0.15, 0.2) is 5.60 Å². The summed E-state index contributed by atoms with van der Waals surface area (Å²) in [5, 5.41) is 17.3. The highest BCUT2D eigenvalue weighted by atomic mass is 16.6. The smallest absolute Gasteiger partial charge is 0.396 e. The van der Waals surface area contributed by atoms with Crippen molar-refractivity contribution in [3.8, 4) is 5.75 Å². The number of nitro groups is 1. The molecule has 0 saturated carbocycles. The van der Waals surface area contributed by atoms with Gasteiger partial charge in [0.2, 0.25) is 0 Å². The third kappa shape index (κ3) is 3.21. The van der Waals surface area contributed by atoms with Crippen LogP contribution >= 0.6 is 0 Å². The van der Waals surface area contributed by atoms with Crippen molar-refractivity contribution < 1.29 is 24.0 Å². The first-order valence-corrected chi connectivity index (χ1v) is 7.66. The second-order valence-corrected chi connectivity index (χ2v) is 6.26. The van der Waals surface area contributed by atoms with Gasteiger partial charge in [0, 0.05) is 0 Å². The van der Waals surface area contributed by atoms with Crippen molar-refractivity contribution >= 4 is 23.4 Å². The number of carbonyl (C=O) groups excluding carboxylic acids is 2. The molecule has 10 heteroatoms. The first-order chi connectivity index (χ1) is 12.2. The highest BCUT2D eigenvalue weighted by molar-refractivity contribution is 6.01. The number of nitrogens with one attached hydrogen (secondary N) is 1. The van der Waals surface area contributed by atoms with Gasteiger partial charge in [-0.05, 0) is 37.0 Å². The van der Waals surface area contributed by atoms with E-state index < -0.39 is 16.5 Å². The number of carbonyl (C=O) groups is 2. The molecule has 0 spiro atoms. The summed E-state index contributed by atoms with van der Waals surface area (Å²) in [4.78, 5) is 34.4. The minimum atomic E-state index is -1.06. The molecule has 1 N–H and O–H groups in total. The number of rotatable bonds is 4. The van der Waals surface area contributed by atoms with Gasteiger partial charge in [0.25, 0.3) is 5.91 Å². The molecule has 136 valence electrons. The molecule has 1 aromatic heterocycles. The molecule has 3 rings (SSSR count). The molecule has 1 aliphatic heterocycles. The van der Waals surface area contributed by atoms with Crippen LogP contribution in [0.1, 0.15) is 29.8 Å². The number of fused-ring (bicyclic) bond motifs is 1. The van der Waals surface area contributed by atoms with Gasteiger partial charge in [-0.25, -0.2) is 4.79 Å². The Kier molecular flexibility index (Phi) is 4.10. The maximum absolute atomic E-state index is 12.3. The Morgan fingerprint density at radius 3 is 2.88 bits per heavy atom. The van der Waals surface area contributed by atoms with Gasteiger partial charge >= 0.3 is 11.8 Å². The van der Waals surface area contributed by atoms with Crippen LogP contribution in [0, 0.1) is 10.1 Å². The first-order valence-electron chi connectivity index (χ1n) is 7.66. The molecule has 26 heavy (non-hydrogen) atoms. The maximum Gasteiger partial charge on any atom is 0.396 e. The van der Waals surface area contributed by atoms with Gasteiger partial charge in [-0.15, -0.1) is 0 Å². The van der Waals surface area contributed by atoms with E-state index >= 15 is 0 Å². The monoisotopic (exact) mass is 360 g/mol. The SMILES string of the molecule is Cn1cc(COC(=O)c2ccc3c(c2)OC(C)(C)C(=O)N3)c([N+](=O)[O-])n1. The van der Waals surface area contributed by atoms with E-state index in [1.54, 1.807) is 13.8 Å². The van der Waals surface area contributed by atoms with E-state index in [9.17, 15) is 19.7 Å². The molecule has 1 aliphatic rings. The van der Waals surface area contributed by atoms with E-state index in [0.29, 0.717) is 11.4 Å². The Bertz CT molecular complexity index is 917. The topological polar surface area (TPSA) is 126 Å². The van der Waals surface area contributed by atoms with E-state index in [-0.39, 0.29) is 29.5 Å². The summed E-state index contributed by atoms with van der Waals surface area (Å²) in [6.07, 6.45) is 1.42. The second-order valence-electron chi connectivity index (χ2n) is 6.26. The van der Waals surface area contributed by atoms with Gasteiger partial charge in [-0.2, -0.15) is 4.68 Å². The van der Waals surface area contributed by atoms with Crippen molar-refractivity contribution in [1.29, 1.82) is 0 Å². The third-order valence-electron chi connectivity index (χ3n) is 3.79. The number of nitrogens with zero attached hydrogens (tertiary/aromatic N) is 3. The first kappa shape index (κ1) is 17.4. The van der Waals surface area contributed by atoms with Gasteiger partial charge in [0.1, 0.15) is 17.9 Å². The van der Waals surface area contributed by atoms with Crippen LogP contribution in [0.5, 0.6) is 5.75 Å². The van der Waals surface area contributed by atoms with E-state index in [2.05, 4.69) is 10.4 Å². The number of anilines is 1. The van der Waals surface area contributed by atoms with Crippen molar-refractivity contribution in [1.82, 2.24) is 9.78 Å². The molecule has 0 radical (unpaired) electrons. The van der Waals surface area contributed by atoms with Gasteiger partial charge in [-0.1, -0.05) is 0 Å². The number of aryl methyl sites for hydroxylation is 1. The molecule has 1 amide bonds. The summed E-state index contributed by atoms with van der Waals surface area (Å²) in [5.41, 5.74) is -0.226. The average molecular weight is 360 g/mol.